The summed E-state index contributed by atoms with van der Waals surface area (Å²) in [5, 5.41) is 2.77. The molecule has 0 radical (unpaired) electrons. The Labute approximate surface area is 158 Å². The van der Waals surface area contributed by atoms with E-state index in [1.807, 2.05) is 0 Å². The maximum absolute atomic E-state index is 12.7. The maximum Gasteiger partial charge on any atom is 0.261 e. The van der Waals surface area contributed by atoms with Gasteiger partial charge in [-0.3, -0.25) is 9.52 Å². The quantitative estimate of drug-likeness (QED) is 0.791. The van der Waals surface area contributed by atoms with Crippen molar-refractivity contribution < 1.29 is 22.7 Å². The summed E-state index contributed by atoms with van der Waals surface area (Å²) < 4.78 is 38.3. The van der Waals surface area contributed by atoms with E-state index in [4.69, 9.17) is 9.47 Å². The molecule has 2 aromatic rings. The van der Waals surface area contributed by atoms with Crippen molar-refractivity contribution in [3.8, 4) is 5.75 Å². The molecule has 0 aliphatic carbocycles. The molecule has 3 rings (SSSR count). The molecule has 1 saturated heterocycles. The van der Waals surface area contributed by atoms with Crippen molar-refractivity contribution in [3.05, 3.63) is 48.0 Å². The van der Waals surface area contributed by atoms with Gasteiger partial charge < -0.3 is 14.8 Å². The van der Waals surface area contributed by atoms with Gasteiger partial charge in [0.25, 0.3) is 15.9 Å². The Morgan fingerprint density at radius 2 is 1.93 bits per heavy atom. The first kappa shape index (κ1) is 19.2. The molecule has 1 heterocycles. The van der Waals surface area contributed by atoms with E-state index < -0.39 is 16.1 Å². The minimum atomic E-state index is -3.80. The lowest BCUT2D eigenvalue weighted by Gasteiger charge is -2.14. The molecule has 8 heteroatoms. The second kappa shape index (κ2) is 7.98. The third kappa shape index (κ3) is 4.58. The van der Waals surface area contributed by atoms with E-state index in [1.165, 1.54) is 19.2 Å². The van der Waals surface area contributed by atoms with Gasteiger partial charge in [-0.2, -0.15) is 0 Å². The van der Waals surface area contributed by atoms with E-state index in [1.54, 1.807) is 37.3 Å². The maximum atomic E-state index is 12.7. The number of sulfonamides is 1. The molecule has 1 fully saturated rings. The highest BCUT2D eigenvalue weighted by atomic mass is 32.2. The Balaban J connectivity index is 1.79. The Morgan fingerprint density at radius 3 is 2.56 bits per heavy atom. The van der Waals surface area contributed by atoms with Crippen molar-refractivity contribution in [2.75, 3.05) is 23.8 Å². The lowest BCUT2D eigenvalue weighted by Crippen LogP contribution is -2.27. The Hall–Kier alpha value is -2.58. The molecule has 2 N–H and O–H groups in total. The van der Waals surface area contributed by atoms with Crippen LogP contribution in [0.5, 0.6) is 5.75 Å². The largest absolute Gasteiger partial charge is 0.497 e. The number of hydrogen-bond acceptors (Lipinski definition) is 5. The van der Waals surface area contributed by atoms with Crippen molar-refractivity contribution in [2.45, 2.75) is 30.8 Å². The van der Waals surface area contributed by atoms with Gasteiger partial charge >= 0.3 is 0 Å². The molecule has 1 aliphatic heterocycles. The number of methoxy groups -OCH3 is 1. The summed E-state index contributed by atoms with van der Waals surface area (Å²) in [6.07, 6.45) is 1.03. The van der Waals surface area contributed by atoms with Crippen molar-refractivity contribution in [1.82, 2.24) is 0 Å². The summed E-state index contributed by atoms with van der Waals surface area (Å²) in [7, 11) is -2.26. The standard InChI is InChI=1S/C19H22N2O5S/c1-13-5-10-16(12-17(13)20-19(22)18-4-3-11-26-18)27(23,24)21-14-6-8-15(25-2)9-7-14/h5-10,12,18,21H,3-4,11H2,1-2H3,(H,20,22)/t18-/m1/s1. The third-order valence-electron chi connectivity index (χ3n) is 4.34. The van der Waals surface area contributed by atoms with Gasteiger partial charge in [0.15, 0.2) is 0 Å². The molecule has 1 amide bonds. The van der Waals surface area contributed by atoms with Gasteiger partial charge in [-0.25, -0.2) is 8.42 Å². The molecule has 144 valence electrons. The SMILES string of the molecule is COc1ccc(NS(=O)(=O)c2ccc(C)c(NC(=O)[C@H]3CCCO3)c2)cc1. The van der Waals surface area contributed by atoms with Crippen LogP contribution in [0.25, 0.3) is 0 Å². The van der Waals surface area contributed by atoms with Crippen LogP contribution in [0.15, 0.2) is 47.4 Å². The van der Waals surface area contributed by atoms with E-state index in [0.29, 0.717) is 30.2 Å². The van der Waals surface area contributed by atoms with Crippen LogP contribution in [0, 0.1) is 6.92 Å². The van der Waals surface area contributed by atoms with Crippen LogP contribution in [0.3, 0.4) is 0 Å². The minimum absolute atomic E-state index is 0.0616. The zero-order valence-corrected chi connectivity index (χ0v) is 16.0. The molecule has 27 heavy (non-hydrogen) atoms. The molecule has 1 atom stereocenters. The lowest BCUT2D eigenvalue weighted by atomic mass is 10.2. The van der Waals surface area contributed by atoms with Crippen molar-refractivity contribution in [2.24, 2.45) is 0 Å². The van der Waals surface area contributed by atoms with Crippen LogP contribution in [0.1, 0.15) is 18.4 Å². The number of amides is 1. The van der Waals surface area contributed by atoms with Gasteiger partial charge in [0.2, 0.25) is 0 Å². The van der Waals surface area contributed by atoms with Crippen LogP contribution in [-0.2, 0) is 19.6 Å². The van der Waals surface area contributed by atoms with Crippen LogP contribution in [0.2, 0.25) is 0 Å². The third-order valence-corrected chi connectivity index (χ3v) is 5.72. The van der Waals surface area contributed by atoms with Crippen LogP contribution >= 0.6 is 0 Å². The molecule has 0 bridgehead atoms. The summed E-state index contributed by atoms with van der Waals surface area (Å²) in [4.78, 5) is 12.3. The summed E-state index contributed by atoms with van der Waals surface area (Å²) in [6, 6.07) is 11.2. The number of nitrogens with one attached hydrogen (secondary N) is 2. The second-order valence-electron chi connectivity index (χ2n) is 6.30. The van der Waals surface area contributed by atoms with Gasteiger partial charge in [0, 0.05) is 18.0 Å². The summed E-state index contributed by atoms with van der Waals surface area (Å²) >= 11 is 0. The molecular weight excluding hydrogens is 368 g/mol. The lowest BCUT2D eigenvalue weighted by molar-refractivity contribution is -0.124. The number of benzene rings is 2. The highest BCUT2D eigenvalue weighted by molar-refractivity contribution is 7.92. The predicted octanol–water partition coefficient (Wildman–Crippen LogP) is 2.92. The number of anilines is 2. The molecule has 0 saturated carbocycles. The van der Waals surface area contributed by atoms with E-state index in [2.05, 4.69) is 10.0 Å². The normalized spacial score (nSPS) is 16.7. The smallest absolute Gasteiger partial charge is 0.261 e. The summed E-state index contributed by atoms with van der Waals surface area (Å²) in [6.45, 7) is 2.37. The van der Waals surface area contributed by atoms with Crippen molar-refractivity contribution in [3.63, 3.8) is 0 Å². The average Bonchev–Trinajstić information content (AvgIpc) is 3.18. The van der Waals surface area contributed by atoms with Gasteiger partial charge in [-0.15, -0.1) is 0 Å². The number of carbonyl (C=O) groups is 1. The first-order valence-electron chi connectivity index (χ1n) is 8.59. The molecule has 1 aliphatic rings. The summed E-state index contributed by atoms with van der Waals surface area (Å²) in [5.74, 6) is 0.376. The predicted molar refractivity (Wildman–Crippen MR) is 103 cm³/mol. The average molecular weight is 390 g/mol. The fraction of sp³-hybridized carbons (Fsp3) is 0.316. The van der Waals surface area contributed by atoms with Crippen LogP contribution in [-0.4, -0.2) is 34.1 Å². The summed E-state index contributed by atoms with van der Waals surface area (Å²) in [5.41, 5.74) is 1.64. The highest BCUT2D eigenvalue weighted by Gasteiger charge is 2.24. The molecule has 2 aromatic carbocycles. The van der Waals surface area contributed by atoms with Crippen molar-refractivity contribution in [1.29, 1.82) is 0 Å². The first-order valence-corrected chi connectivity index (χ1v) is 10.1. The number of hydrogen-bond donors (Lipinski definition) is 2. The van der Waals surface area contributed by atoms with Gasteiger partial charge in [0.1, 0.15) is 11.9 Å². The monoisotopic (exact) mass is 390 g/mol. The first-order chi connectivity index (χ1) is 12.9. The Bertz CT molecular complexity index is 920. The number of aryl methyl sites for hydroxylation is 1. The molecular formula is C19H22N2O5S. The topological polar surface area (TPSA) is 93.7 Å². The molecule has 7 nitrogen and oxygen atoms in total. The zero-order chi connectivity index (χ0) is 19.4. The van der Waals surface area contributed by atoms with E-state index in [-0.39, 0.29) is 10.8 Å². The minimum Gasteiger partial charge on any atom is -0.497 e. The molecule has 0 aromatic heterocycles. The van der Waals surface area contributed by atoms with Gasteiger partial charge in [-0.05, 0) is 61.7 Å². The van der Waals surface area contributed by atoms with E-state index in [0.717, 1.165) is 12.0 Å². The fourth-order valence-corrected chi connectivity index (χ4v) is 3.86. The number of ether oxygens (including phenoxy) is 2. The number of carbonyl (C=O) groups excluding carboxylic acids is 1. The highest BCUT2D eigenvalue weighted by Crippen LogP contribution is 2.24. The van der Waals surface area contributed by atoms with Gasteiger partial charge in [-0.1, -0.05) is 6.07 Å². The van der Waals surface area contributed by atoms with Crippen LogP contribution < -0.4 is 14.8 Å². The fourth-order valence-electron chi connectivity index (χ4n) is 2.77. The van der Waals surface area contributed by atoms with Crippen molar-refractivity contribution >= 4 is 27.3 Å². The van der Waals surface area contributed by atoms with E-state index >= 15 is 0 Å². The zero-order valence-electron chi connectivity index (χ0n) is 15.2. The van der Waals surface area contributed by atoms with E-state index in [9.17, 15) is 13.2 Å². The van der Waals surface area contributed by atoms with Gasteiger partial charge in [0.05, 0.1) is 12.0 Å². The molecule has 0 unspecified atom stereocenters. The second-order valence-corrected chi connectivity index (χ2v) is 7.98. The Kier molecular flexibility index (Phi) is 5.67. The number of rotatable bonds is 6. The van der Waals surface area contributed by atoms with Crippen LogP contribution in [0.4, 0.5) is 11.4 Å². The molecule has 0 spiro atoms. The Morgan fingerprint density at radius 1 is 1.19 bits per heavy atom.